The van der Waals surface area contributed by atoms with Gasteiger partial charge < -0.3 is 5.73 Å². The van der Waals surface area contributed by atoms with Crippen molar-refractivity contribution >= 4 is 0 Å². The van der Waals surface area contributed by atoms with Crippen molar-refractivity contribution in [3.05, 3.63) is 23.3 Å². The van der Waals surface area contributed by atoms with Crippen molar-refractivity contribution in [1.29, 1.82) is 0 Å². The monoisotopic (exact) mass is 245 g/mol. The topological polar surface area (TPSA) is 51.8 Å². The highest BCUT2D eigenvalue weighted by molar-refractivity contribution is 5.22. The minimum absolute atomic E-state index is 0.622. The zero-order valence-corrected chi connectivity index (χ0v) is 11.1. The summed E-state index contributed by atoms with van der Waals surface area (Å²) in [6.07, 6.45) is 12.1. The van der Waals surface area contributed by atoms with E-state index in [-0.39, 0.29) is 0 Å². The minimum atomic E-state index is 0.622. The maximum absolute atomic E-state index is 5.77. The Balaban J connectivity index is 1.78. The molecule has 0 saturated heterocycles. The van der Waals surface area contributed by atoms with Gasteiger partial charge in [-0.25, -0.2) is 9.97 Å². The fourth-order valence-electron chi connectivity index (χ4n) is 3.36. The molecule has 2 aliphatic carbocycles. The minimum Gasteiger partial charge on any atom is -0.330 e. The molecule has 3 rings (SSSR count). The highest BCUT2D eigenvalue weighted by atomic mass is 14.9. The molecule has 98 valence electrons. The summed E-state index contributed by atoms with van der Waals surface area (Å²) in [5.41, 5.74) is 8.41. The summed E-state index contributed by atoms with van der Waals surface area (Å²) >= 11 is 0. The largest absolute Gasteiger partial charge is 0.330 e. The summed E-state index contributed by atoms with van der Waals surface area (Å²) in [5, 5.41) is 0. The molecule has 0 aromatic carbocycles. The Hall–Kier alpha value is -0.960. The Kier molecular flexibility index (Phi) is 3.59. The first-order chi connectivity index (χ1) is 8.86. The second-order valence-electron chi connectivity index (χ2n) is 5.88. The van der Waals surface area contributed by atoms with Crippen molar-refractivity contribution in [3.8, 4) is 0 Å². The third kappa shape index (κ3) is 2.41. The Morgan fingerprint density at radius 1 is 1.17 bits per heavy atom. The van der Waals surface area contributed by atoms with Crippen LogP contribution in [-0.2, 0) is 12.8 Å². The standard InChI is InChI=1S/C15H23N3/c16-9-11-6-7-14-13(8-11)10-17-15(18-14)12-4-2-1-3-5-12/h10-12H,1-9,16H2. The van der Waals surface area contributed by atoms with Crippen molar-refractivity contribution in [2.24, 2.45) is 11.7 Å². The lowest BCUT2D eigenvalue weighted by Crippen LogP contribution is -2.24. The van der Waals surface area contributed by atoms with E-state index in [0.29, 0.717) is 11.8 Å². The van der Waals surface area contributed by atoms with Gasteiger partial charge in [-0.3, -0.25) is 0 Å². The molecule has 1 aromatic rings. The van der Waals surface area contributed by atoms with E-state index in [1.807, 2.05) is 0 Å². The van der Waals surface area contributed by atoms with Gasteiger partial charge in [0.05, 0.1) is 0 Å². The molecular formula is C15H23N3. The second kappa shape index (κ2) is 5.35. The molecule has 0 amide bonds. The van der Waals surface area contributed by atoms with Crippen molar-refractivity contribution in [2.45, 2.75) is 57.3 Å². The molecule has 3 nitrogen and oxygen atoms in total. The second-order valence-corrected chi connectivity index (χ2v) is 5.88. The molecule has 1 aromatic heterocycles. The Labute approximate surface area is 109 Å². The van der Waals surface area contributed by atoms with Gasteiger partial charge >= 0.3 is 0 Å². The van der Waals surface area contributed by atoms with Crippen LogP contribution in [0.5, 0.6) is 0 Å². The molecule has 2 aliphatic rings. The van der Waals surface area contributed by atoms with Crippen LogP contribution in [0.2, 0.25) is 0 Å². The number of fused-ring (bicyclic) bond motifs is 1. The lowest BCUT2D eigenvalue weighted by Gasteiger charge is -2.25. The van der Waals surface area contributed by atoms with E-state index in [9.17, 15) is 0 Å². The summed E-state index contributed by atoms with van der Waals surface area (Å²) in [5.74, 6) is 2.37. The highest BCUT2D eigenvalue weighted by Gasteiger charge is 2.22. The summed E-state index contributed by atoms with van der Waals surface area (Å²) < 4.78 is 0. The van der Waals surface area contributed by atoms with E-state index in [4.69, 9.17) is 10.7 Å². The first-order valence-electron chi connectivity index (χ1n) is 7.41. The van der Waals surface area contributed by atoms with Crippen LogP contribution < -0.4 is 5.73 Å². The van der Waals surface area contributed by atoms with Crippen LogP contribution in [0, 0.1) is 5.92 Å². The number of nitrogens with two attached hydrogens (primary N) is 1. The van der Waals surface area contributed by atoms with Crippen molar-refractivity contribution in [2.75, 3.05) is 6.54 Å². The molecular weight excluding hydrogens is 222 g/mol. The lowest BCUT2D eigenvalue weighted by molar-refractivity contribution is 0.420. The summed E-state index contributed by atoms with van der Waals surface area (Å²) in [6, 6.07) is 0. The van der Waals surface area contributed by atoms with Gasteiger partial charge in [-0.1, -0.05) is 19.3 Å². The smallest absolute Gasteiger partial charge is 0.131 e. The normalized spacial score (nSPS) is 24.8. The lowest BCUT2D eigenvalue weighted by atomic mass is 9.86. The van der Waals surface area contributed by atoms with Crippen LogP contribution in [0.1, 0.15) is 61.5 Å². The molecule has 1 atom stereocenters. The van der Waals surface area contributed by atoms with Gasteiger partial charge in [-0.05, 0) is 50.1 Å². The predicted molar refractivity (Wildman–Crippen MR) is 72.4 cm³/mol. The molecule has 1 heterocycles. The van der Waals surface area contributed by atoms with Gasteiger partial charge in [0.2, 0.25) is 0 Å². The third-order valence-corrected chi connectivity index (χ3v) is 4.57. The maximum atomic E-state index is 5.77. The third-order valence-electron chi connectivity index (χ3n) is 4.57. The van der Waals surface area contributed by atoms with Crippen LogP contribution in [-0.4, -0.2) is 16.5 Å². The Morgan fingerprint density at radius 3 is 2.78 bits per heavy atom. The maximum Gasteiger partial charge on any atom is 0.131 e. The number of rotatable bonds is 2. The first-order valence-corrected chi connectivity index (χ1v) is 7.41. The molecule has 1 unspecified atom stereocenters. The number of hydrogen-bond acceptors (Lipinski definition) is 3. The average Bonchev–Trinajstić information content (AvgIpc) is 2.47. The van der Waals surface area contributed by atoms with Crippen molar-refractivity contribution < 1.29 is 0 Å². The molecule has 1 saturated carbocycles. The van der Waals surface area contributed by atoms with Crippen molar-refractivity contribution in [3.63, 3.8) is 0 Å². The molecule has 2 N–H and O–H groups in total. The molecule has 0 spiro atoms. The van der Waals surface area contributed by atoms with E-state index in [1.54, 1.807) is 0 Å². The van der Waals surface area contributed by atoms with E-state index in [1.165, 1.54) is 49.8 Å². The quantitative estimate of drug-likeness (QED) is 0.871. The van der Waals surface area contributed by atoms with Gasteiger partial charge in [0.15, 0.2) is 0 Å². The highest BCUT2D eigenvalue weighted by Crippen LogP contribution is 2.32. The van der Waals surface area contributed by atoms with Crippen LogP contribution in [0.15, 0.2) is 6.20 Å². The molecule has 1 fully saturated rings. The fourth-order valence-corrected chi connectivity index (χ4v) is 3.36. The Bertz CT molecular complexity index is 410. The molecule has 0 radical (unpaired) electrons. The van der Waals surface area contributed by atoms with E-state index < -0.39 is 0 Å². The SMILES string of the molecule is NCC1CCc2nc(C3CCCCC3)ncc2C1. The number of aryl methyl sites for hydroxylation is 1. The van der Waals surface area contributed by atoms with Crippen LogP contribution in [0.25, 0.3) is 0 Å². The van der Waals surface area contributed by atoms with E-state index in [0.717, 1.165) is 25.2 Å². The van der Waals surface area contributed by atoms with Crippen LogP contribution in [0.3, 0.4) is 0 Å². The summed E-state index contributed by atoms with van der Waals surface area (Å²) in [7, 11) is 0. The van der Waals surface area contributed by atoms with Crippen molar-refractivity contribution in [1.82, 2.24) is 9.97 Å². The molecule has 0 bridgehead atoms. The average molecular weight is 245 g/mol. The molecule has 3 heteroatoms. The molecule has 18 heavy (non-hydrogen) atoms. The molecule has 0 aliphatic heterocycles. The number of hydrogen-bond donors (Lipinski definition) is 1. The van der Waals surface area contributed by atoms with Gasteiger partial charge in [0.1, 0.15) is 5.82 Å². The van der Waals surface area contributed by atoms with Crippen LogP contribution >= 0.6 is 0 Å². The zero-order valence-electron chi connectivity index (χ0n) is 11.1. The number of nitrogens with zero attached hydrogens (tertiary/aromatic N) is 2. The summed E-state index contributed by atoms with van der Waals surface area (Å²) in [4.78, 5) is 9.49. The van der Waals surface area contributed by atoms with Gasteiger partial charge in [-0.15, -0.1) is 0 Å². The van der Waals surface area contributed by atoms with Crippen LogP contribution in [0.4, 0.5) is 0 Å². The van der Waals surface area contributed by atoms with E-state index in [2.05, 4.69) is 11.2 Å². The number of aromatic nitrogens is 2. The first kappa shape index (κ1) is 12.1. The zero-order chi connectivity index (χ0) is 12.4. The Morgan fingerprint density at radius 2 is 2.00 bits per heavy atom. The van der Waals surface area contributed by atoms with Gasteiger partial charge in [0, 0.05) is 17.8 Å². The van der Waals surface area contributed by atoms with E-state index >= 15 is 0 Å². The van der Waals surface area contributed by atoms with Gasteiger partial charge in [0.25, 0.3) is 0 Å². The summed E-state index contributed by atoms with van der Waals surface area (Å²) in [6.45, 7) is 0.795. The fraction of sp³-hybridized carbons (Fsp3) is 0.733. The predicted octanol–water partition coefficient (Wildman–Crippen LogP) is 2.59. The van der Waals surface area contributed by atoms with Gasteiger partial charge in [-0.2, -0.15) is 0 Å².